The zero-order chi connectivity index (χ0) is 13.8. The minimum Gasteiger partial charge on any atom is -0.341 e. The Morgan fingerprint density at radius 1 is 1.26 bits per heavy atom. The van der Waals surface area contributed by atoms with Crippen molar-refractivity contribution in [2.24, 2.45) is 11.7 Å². The highest BCUT2D eigenvalue weighted by atomic mass is 15.3. The Morgan fingerprint density at radius 3 is 2.53 bits per heavy atom. The van der Waals surface area contributed by atoms with E-state index in [0.29, 0.717) is 12.6 Å². The van der Waals surface area contributed by atoms with Gasteiger partial charge in [-0.3, -0.25) is 0 Å². The lowest BCUT2D eigenvalue weighted by Gasteiger charge is -2.34. The van der Waals surface area contributed by atoms with Crippen molar-refractivity contribution >= 4 is 5.95 Å². The number of hydrogen-bond donors (Lipinski definition) is 1. The highest BCUT2D eigenvalue weighted by Gasteiger charge is 2.24. The summed E-state index contributed by atoms with van der Waals surface area (Å²) < 4.78 is 0. The van der Waals surface area contributed by atoms with E-state index in [9.17, 15) is 0 Å². The Morgan fingerprint density at radius 2 is 1.95 bits per heavy atom. The average Bonchev–Trinajstić information content (AvgIpc) is 2.46. The number of nitrogens with zero attached hydrogens (tertiary/aromatic N) is 3. The third kappa shape index (κ3) is 3.44. The predicted octanol–water partition coefficient (Wildman–Crippen LogP) is 2.65. The summed E-state index contributed by atoms with van der Waals surface area (Å²) in [6.07, 6.45) is 6.49. The van der Waals surface area contributed by atoms with E-state index in [1.54, 1.807) is 0 Å². The Bertz CT molecular complexity index is 411. The largest absolute Gasteiger partial charge is 0.341 e. The van der Waals surface area contributed by atoms with Crippen molar-refractivity contribution in [1.82, 2.24) is 9.97 Å². The molecule has 2 N–H and O–H groups in total. The molecule has 4 nitrogen and oxygen atoms in total. The molecular weight excluding hydrogens is 236 g/mol. The fourth-order valence-electron chi connectivity index (χ4n) is 2.98. The van der Waals surface area contributed by atoms with Crippen LogP contribution < -0.4 is 10.6 Å². The molecule has 0 bridgehead atoms. The molecule has 0 aliphatic heterocycles. The summed E-state index contributed by atoms with van der Waals surface area (Å²) in [5.74, 6) is 1.75. The molecule has 0 spiro atoms. The van der Waals surface area contributed by atoms with E-state index in [1.807, 2.05) is 13.0 Å². The molecule has 1 fully saturated rings. The van der Waals surface area contributed by atoms with E-state index in [2.05, 4.69) is 28.8 Å². The number of rotatable bonds is 4. The van der Waals surface area contributed by atoms with Crippen LogP contribution in [0.15, 0.2) is 6.07 Å². The first-order valence-corrected chi connectivity index (χ1v) is 7.41. The fraction of sp³-hybridized carbons (Fsp3) is 0.733. The molecule has 1 aliphatic carbocycles. The first-order chi connectivity index (χ1) is 9.13. The number of hydrogen-bond acceptors (Lipinski definition) is 4. The maximum atomic E-state index is 5.69. The molecule has 1 aromatic rings. The Balaban J connectivity index is 2.07. The molecule has 0 amide bonds. The predicted molar refractivity (Wildman–Crippen MR) is 79.1 cm³/mol. The van der Waals surface area contributed by atoms with Crippen LogP contribution in [0.4, 0.5) is 5.95 Å². The molecule has 0 saturated heterocycles. The third-order valence-electron chi connectivity index (χ3n) is 4.36. The van der Waals surface area contributed by atoms with Crippen molar-refractivity contribution in [1.29, 1.82) is 0 Å². The molecular formula is C15H26N4. The van der Waals surface area contributed by atoms with Crippen LogP contribution in [-0.2, 0) is 6.54 Å². The van der Waals surface area contributed by atoms with E-state index in [-0.39, 0.29) is 0 Å². The lowest BCUT2D eigenvalue weighted by atomic mass is 9.84. The zero-order valence-corrected chi connectivity index (χ0v) is 12.4. The highest BCUT2D eigenvalue weighted by Crippen LogP contribution is 2.30. The van der Waals surface area contributed by atoms with Gasteiger partial charge in [0, 0.05) is 25.3 Å². The van der Waals surface area contributed by atoms with Gasteiger partial charge in [-0.1, -0.05) is 13.3 Å². The van der Waals surface area contributed by atoms with Crippen molar-refractivity contribution in [3.63, 3.8) is 0 Å². The third-order valence-corrected chi connectivity index (χ3v) is 4.36. The second-order valence-electron chi connectivity index (χ2n) is 5.70. The fourth-order valence-corrected chi connectivity index (χ4v) is 2.98. The number of anilines is 1. The molecule has 0 unspecified atom stereocenters. The van der Waals surface area contributed by atoms with Gasteiger partial charge in [-0.25, -0.2) is 9.97 Å². The van der Waals surface area contributed by atoms with Gasteiger partial charge in [-0.15, -0.1) is 0 Å². The summed E-state index contributed by atoms with van der Waals surface area (Å²) in [4.78, 5) is 11.4. The number of aryl methyl sites for hydroxylation is 1. The summed E-state index contributed by atoms with van der Waals surface area (Å²) >= 11 is 0. The molecule has 1 saturated carbocycles. The Hall–Kier alpha value is -1.16. The smallest absolute Gasteiger partial charge is 0.225 e. The Labute approximate surface area is 116 Å². The average molecular weight is 262 g/mol. The maximum absolute atomic E-state index is 5.69. The maximum Gasteiger partial charge on any atom is 0.225 e. The summed E-state index contributed by atoms with van der Waals surface area (Å²) in [5, 5.41) is 0. The van der Waals surface area contributed by atoms with Crippen LogP contribution >= 0.6 is 0 Å². The van der Waals surface area contributed by atoms with Crippen LogP contribution in [0.3, 0.4) is 0 Å². The van der Waals surface area contributed by atoms with E-state index < -0.39 is 0 Å². The van der Waals surface area contributed by atoms with Crippen molar-refractivity contribution < 1.29 is 0 Å². The highest BCUT2D eigenvalue weighted by molar-refractivity contribution is 5.33. The van der Waals surface area contributed by atoms with Gasteiger partial charge in [-0.05, 0) is 44.6 Å². The van der Waals surface area contributed by atoms with Gasteiger partial charge in [0.1, 0.15) is 0 Å². The minimum atomic E-state index is 0.479. The van der Waals surface area contributed by atoms with Crippen LogP contribution in [0.1, 0.15) is 50.4 Å². The molecule has 0 atom stereocenters. The van der Waals surface area contributed by atoms with Gasteiger partial charge in [0.15, 0.2) is 0 Å². The van der Waals surface area contributed by atoms with Gasteiger partial charge in [-0.2, -0.15) is 0 Å². The van der Waals surface area contributed by atoms with E-state index >= 15 is 0 Å². The normalized spacial score (nSPS) is 23.4. The Kier molecular flexibility index (Phi) is 4.75. The summed E-state index contributed by atoms with van der Waals surface area (Å²) in [7, 11) is 2.12. The first-order valence-electron chi connectivity index (χ1n) is 7.41. The van der Waals surface area contributed by atoms with Crippen LogP contribution in [-0.4, -0.2) is 23.1 Å². The topological polar surface area (TPSA) is 55.0 Å². The SMILES string of the molecule is CCC1CCC(N(C)c2nc(C)cc(CN)n2)CC1. The van der Waals surface area contributed by atoms with E-state index in [0.717, 1.165) is 23.3 Å². The van der Waals surface area contributed by atoms with E-state index in [1.165, 1.54) is 32.1 Å². The van der Waals surface area contributed by atoms with Gasteiger partial charge in [0.05, 0.1) is 5.69 Å². The van der Waals surface area contributed by atoms with Crippen molar-refractivity contribution in [2.45, 2.75) is 58.5 Å². The van der Waals surface area contributed by atoms with Crippen molar-refractivity contribution in [3.05, 3.63) is 17.5 Å². The number of nitrogens with two attached hydrogens (primary N) is 1. The van der Waals surface area contributed by atoms with Gasteiger partial charge in [0.2, 0.25) is 5.95 Å². The van der Waals surface area contributed by atoms with Gasteiger partial charge >= 0.3 is 0 Å². The molecule has 19 heavy (non-hydrogen) atoms. The van der Waals surface area contributed by atoms with Crippen LogP contribution in [0.2, 0.25) is 0 Å². The quantitative estimate of drug-likeness (QED) is 0.906. The zero-order valence-electron chi connectivity index (χ0n) is 12.4. The molecule has 1 aromatic heterocycles. The lowest BCUT2D eigenvalue weighted by Crippen LogP contribution is -2.36. The summed E-state index contributed by atoms with van der Waals surface area (Å²) in [6, 6.07) is 2.54. The lowest BCUT2D eigenvalue weighted by molar-refractivity contribution is 0.312. The van der Waals surface area contributed by atoms with Gasteiger partial charge in [0.25, 0.3) is 0 Å². The van der Waals surface area contributed by atoms with Crippen LogP contribution in [0.5, 0.6) is 0 Å². The second kappa shape index (κ2) is 6.33. The summed E-state index contributed by atoms with van der Waals surface area (Å²) in [5.41, 5.74) is 7.62. The van der Waals surface area contributed by atoms with Crippen molar-refractivity contribution in [2.75, 3.05) is 11.9 Å². The minimum absolute atomic E-state index is 0.479. The molecule has 0 radical (unpaired) electrons. The molecule has 4 heteroatoms. The first kappa shape index (κ1) is 14.3. The van der Waals surface area contributed by atoms with Crippen molar-refractivity contribution in [3.8, 4) is 0 Å². The van der Waals surface area contributed by atoms with Crippen LogP contribution in [0, 0.1) is 12.8 Å². The molecule has 1 heterocycles. The molecule has 2 rings (SSSR count). The summed E-state index contributed by atoms with van der Waals surface area (Å²) in [6.45, 7) is 4.78. The second-order valence-corrected chi connectivity index (χ2v) is 5.70. The standard InChI is InChI=1S/C15H26N4/c1-4-12-5-7-14(8-6-12)19(3)15-17-11(2)9-13(10-16)18-15/h9,12,14H,4-8,10,16H2,1-3H3. The number of aromatic nitrogens is 2. The monoisotopic (exact) mass is 262 g/mol. The van der Waals surface area contributed by atoms with Gasteiger partial charge < -0.3 is 10.6 Å². The van der Waals surface area contributed by atoms with Crippen LogP contribution in [0.25, 0.3) is 0 Å². The van der Waals surface area contributed by atoms with E-state index in [4.69, 9.17) is 5.73 Å². The molecule has 0 aromatic carbocycles. The molecule has 1 aliphatic rings. The molecule has 106 valence electrons.